The van der Waals surface area contributed by atoms with Crippen LogP contribution in [0.4, 0.5) is 5.69 Å². The summed E-state index contributed by atoms with van der Waals surface area (Å²) >= 11 is 12.1. The summed E-state index contributed by atoms with van der Waals surface area (Å²) in [6.45, 7) is 2.20. The summed E-state index contributed by atoms with van der Waals surface area (Å²) in [5.74, 6) is -0.147. The lowest BCUT2D eigenvalue weighted by molar-refractivity contribution is -0.112. The molecule has 2 aromatic carbocycles. The molecule has 0 fully saturated rings. The maximum atomic E-state index is 12.3. The summed E-state index contributed by atoms with van der Waals surface area (Å²) < 4.78 is 5.49. The van der Waals surface area contributed by atoms with E-state index in [4.69, 9.17) is 27.9 Å². The number of benzene rings is 2. The molecule has 0 aromatic heterocycles. The molecule has 4 nitrogen and oxygen atoms in total. The molecule has 122 valence electrons. The van der Waals surface area contributed by atoms with Crippen LogP contribution >= 0.6 is 23.2 Å². The van der Waals surface area contributed by atoms with E-state index in [-0.39, 0.29) is 5.57 Å². The molecule has 0 aliphatic heterocycles. The molecule has 1 N–H and O–H groups in total. The van der Waals surface area contributed by atoms with E-state index >= 15 is 0 Å². The first-order valence-electron chi connectivity index (χ1n) is 7.15. The van der Waals surface area contributed by atoms with Gasteiger partial charge < -0.3 is 10.1 Å². The molecule has 2 aromatic rings. The summed E-state index contributed by atoms with van der Waals surface area (Å²) in [6, 6.07) is 13.9. The topological polar surface area (TPSA) is 62.1 Å². The van der Waals surface area contributed by atoms with Crippen molar-refractivity contribution in [2.75, 3.05) is 11.9 Å². The number of nitrogens with zero attached hydrogens (tertiary/aromatic N) is 1. The SMILES string of the molecule is CCOc1c(Cl)cc(Cl)cc1/C=C(\C#N)C(=O)Nc1ccccc1. The van der Waals surface area contributed by atoms with Gasteiger partial charge in [0.2, 0.25) is 0 Å². The summed E-state index contributed by atoms with van der Waals surface area (Å²) in [7, 11) is 0. The minimum absolute atomic E-state index is 0.0851. The van der Waals surface area contributed by atoms with Gasteiger partial charge in [-0.2, -0.15) is 5.26 Å². The third-order valence-corrected chi connectivity index (χ3v) is 3.52. The molecule has 0 saturated heterocycles. The molecule has 0 spiro atoms. The second kappa shape index (κ2) is 8.39. The molecular formula is C18H14Cl2N2O2. The highest BCUT2D eigenvalue weighted by Crippen LogP contribution is 2.34. The van der Waals surface area contributed by atoms with Gasteiger partial charge in [0.15, 0.2) is 0 Å². The number of nitrogens with one attached hydrogen (secondary N) is 1. The van der Waals surface area contributed by atoms with Gasteiger partial charge in [-0.25, -0.2) is 0 Å². The van der Waals surface area contributed by atoms with Crippen LogP contribution in [0.1, 0.15) is 12.5 Å². The van der Waals surface area contributed by atoms with E-state index in [1.165, 1.54) is 6.08 Å². The molecule has 1 amide bonds. The fourth-order valence-electron chi connectivity index (χ4n) is 2.01. The normalized spacial score (nSPS) is 10.8. The van der Waals surface area contributed by atoms with Crippen molar-refractivity contribution in [3.8, 4) is 11.8 Å². The highest BCUT2D eigenvalue weighted by Gasteiger charge is 2.14. The molecule has 2 rings (SSSR count). The first-order valence-corrected chi connectivity index (χ1v) is 7.90. The molecule has 0 atom stereocenters. The van der Waals surface area contributed by atoms with Crippen LogP contribution in [0.25, 0.3) is 6.08 Å². The molecule has 24 heavy (non-hydrogen) atoms. The zero-order valence-electron chi connectivity index (χ0n) is 12.8. The lowest BCUT2D eigenvalue weighted by Crippen LogP contribution is -2.13. The smallest absolute Gasteiger partial charge is 0.266 e. The second-order valence-electron chi connectivity index (χ2n) is 4.73. The Morgan fingerprint density at radius 3 is 2.62 bits per heavy atom. The van der Waals surface area contributed by atoms with Gasteiger partial charge in [0, 0.05) is 16.3 Å². The Labute approximate surface area is 150 Å². The Kier molecular flexibility index (Phi) is 6.25. The van der Waals surface area contributed by atoms with Crippen LogP contribution < -0.4 is 10.1 Å². The highest BCUT2D eigenvalue weighted by molar-refractivity contribution is 6.36. The average Bonchev–Trinajstić information content (AvgIpc) is 2.56. The zero-order chi connectivity index (χ0) is 17.5. The average molecular weight is 361 g/mol. The Bertz CT molecular complexity index is 812. The van der Waals surface area contributed by atoms with E-state index in [1.54, 1.807) is 36.4 Å². The second-order valence-corrected chi connectivity index (χ2v) is 5.57. The summed E-state index contributed by atoms with van der Waals surface area (Å²) in [4.78, 5) is 12.3. The molecule has 6 heteroatoms. The summed E-state index contributed by atoms with van der Waals surface area (Å²) in [5.41, 5.74) is 0.977. The monoisotopic (exact) mass is 360 g/mol. The number of amides is 1. The van der Waals surface area contributed by atoms with Crippen LogP contribution in [0.5, 0.6) is 5.75 Å². The predicted octanol–water partition coefficient (Wildman–Crippen LogP) is 4.94. The number of hydrogen-bond acceptors (Lipinski definition) is 3. The van der Waals surface area contributed by atoms with Crippen molar-refractivity contribution in [2.45, 2.75) is 6.92 Å². The Hall–Kier alpha value is -2.48. The van der Waals surface area contributed by atoms with Gasteiger partial charge in [-0.1, -0.05) is 41.4 Å². The van der Waals surface area contributed by atoms with Crippen LogP contribution in [0, 0.1) is 11.3 Å². The maximum Gasteiger partial charge on any atom is 0.266 e. The van der Waals surface area contributed by atoms with Crippen LogP contribution in [-0.2, 0) is 4.79 Å². The van der Waals surface area contributed by atoms with Crippen LogP contribution in [0.2, 0.25) is 10.0 Å². The van der Waals surface area contributed by atoms with Gasteiger partial charge in [0.1, 0.15) is 17.4 Å². The molecule has 0 radical (unpaired) electrons. The standard InChI is InChI=1S/C18H14Cl2N2O2/c1-2-24-17-12(9-14(19)10-16(17)20)8-13(11-21)18(23)22-15-6-4-3-5-7-15/h3-10H,2H2,1H3,(H,22,23)/b13-8+. The zero-order valence-corrected chi connectivity index (χ0v) is 14.4. The quantitative estimate of drug-likeness (QED) is 0.606. The van der Waals surface area contributed by atoms with Crippen molar-refractivity contribution in [3.63, 3.8) is 0 Å². The van der Waals surface area contributed by atoms with Gasteiger partial charge in [0.05, 0.1) is 11.6 Å². The van der Waals surface area contributed by atoms with Crippen LogP contribution in [-0.4, -0.2) is 12.5 Å². The first-order chi connectivity index (χ1) is 11.5. The predicted molar refractivity (Wildman–Crippen MR) is 96.3 cm³/mol. The summed E-state index contributed by atoms with van der Waals surface area (Å²) in [6.07, 6.45) is 1.40. The number of para-hydroxylation sites is 1. The number of halogens is 2. The van der Waals surface area contributed by atoms with Crippen molar-refractivity contribution >= 4 is 40.9 Å². The van der Waals surface area contributed by atoms with Crippen LogP contribution in [0.3, 0.4) is 0 Å². The van der Waals surface area contributed by atoms with Crippen molar-refractivity contribution in [2.24, 2.45) is 0 Å². The van der Waals surface area contributed by atoms with E-state index in [2.05, 4.69) is 5.32 Å². The highest BCUT2D eigenvalue weighted by atomic mass is 35.5. The van der Waals surface area contributed by atoms with E-state index in [0.29, 0.717) is 33.7 Å². The van der Waals surface area contributed by atoms with Crippen molar-refractivity contribution < 1.29 is 9.53 Å². The van der Waals surface area contributed by atoms with Gasteiger partial charge in [-0.3, -0.25) is 4.79 Å². The third kappa shape index (κ3) is 4.51. The first kappa shape index (κ1) is 17.9. The third-order valence-electron chi connectivity index (χ3n) is 3.02. The Balaban J connectivity index is 2.37. The van der Waals surface area contributed by atoms with Gasteiger partial charge in [-0.15, -0.1) is 0 Å². The van der Waals surface area contributed by atoms with E-state index in [0.717, 1.165) is 0 Å². The number of nitriles is 1. The van der Waals surface area contributed by atoms with Gasteiger partial charge in [0.25, 0.3) is 5.91 Å². The number of hydrogen-bond donors (Lipinski definition) is 1. The fourth-order valence-corrected chi connectivity index (χ4v) is 2.57. The number of carbonyl (C=O) groups excluding carboxylic acids is 1. The number of rotatable bonds is 5. The van der Waals surface area contributed by atoms with Crippen molar-refractivity contribution in [1.29, 1.82) is 5.26 Å². The number of anilines is 1. The number of carbonyl (C=O) groups is 1. The molecule has 0 aliphatic rings. The van der Waals surface area contributed by atoms with Gasteiger partial charge in [-0.05, 0) is 37.3 Å². The lowest BCUT2D eigenvalue weighted by atomic mass is 10.1. The Morgan fingerprint density at radius 1 is 1.29 bits per heavy atom. The maximum absolute atomic E-state index is 12.3. The molecule has 0 heterocycles. The van der Waals surface area contributed by atoms with E-state index in [1.807, 2.05) is 19.1 Å². The van der Waals surface area contributed by atoms with Crippen molar-refractivity contribution in [3.05, 3.63) is 63.6 Å². The number of ether oxygens (including phenoxy) is 1. The molecule has 0 aliphatic carbocycles. The summed E-state index contributed by atoms with van der Waals surface area (Å²) in [5, 5.41) is 12.7. The molecule has 0 bridgehead atoms. The molecule has 0 unspecified atom stereocenters. The minimum Gasteiger partial charge on any atom is -0.492 e. The Morgan fingerprint density at radius 2 is 2.00 bits per heavy atom. The van der Waals surface area contributed by atoms with E-state index < -0.39 is 5.91 Å². The molecule has 0 saturated carbocycles. The van der Waals surface area contributed by atoms with E-state index in [9.17, 15) is 10.1 Å². The van der Waals surface area contributed by atoms with Crippen LogP contribution in [0.15, 0.2) is 48.0 Å². The minimum atomic E-state index is -0.526. The fraction of sp³-hybridized carbons (Fsp3) is 0.111. The largest absolute Gasteiger partial charge is 0.492 e. The van der Waals surface area contributed by atoms with Gasteiger partial charge >= 0.3 is 0 Å². The lowest BCUT2D eigenvalue weighted by Gasteiger charge is -2.11. The molecular weight excluding hydrogens is 347 g/mol. The van der Waals surface area contributed by atoms with Crippen molar-refractivity contribution in [1.82, 2.24) is 0 Å².